The quantitative estimate of drug-likeness (QED) is 0.616. The van der Waals surface area contributed by atoms with Gasteiger partial charge in [0.15, 0.2) is 5.78 Å². The minimum atomic E-state index is -0.0345. The number of aromatic nitrogens is 5. The van der Waals surface area contributed by atoms with E-state index in [0.29, 0.717) is 22.5 Å². The average Bonchev–Trinajstić information content (AvgIpc) is 3.45. The number of Topliss-reactive ketones (excluding diaryl/α,β-unsaturated/α-hetero) is 1. The lowest BCUT2D eigenvalue weighted by molar-refractivity contribution is 0.0787. The van der Waals surface area contributed by atoms with Crippen molar-refractivity contribution in [3.8, 4) is 0 Å². The Labute approximate surface area is 155 Å². The number of carbonyl (C=O) groups excluding carboxylic acids is 2. The summed E-state index contributed by atoms with van der Waals surface area (Å²) in [5.74, 6) is 0.189. The Balaban J connectivity index is 1.37. The van der Waals surface area contributed by atoms with Crippen LogP contribution in [0.25, 0.3) is 0 Å². The lowest BCUT2D eigenvalue weighted by Crippen LogP contribution is -2.27. The normalized spacial score (nSPS) is 17.9. The van der Waals surface area contributed by atoms with E-state index in [4.69, 9.17) is 0 Å². The zero-order valence-corrected chi connectivity index (χ0v) is 15.4. The Hall–Kier alpha value is -2.16. The number of H-pyrrole nitrogens is 1. The lowest BCUT2D eigenvalue weighted by atomic mass is 10.2. The number of amides is 1. The average molecular weight is 374 g/mol. The Morgan fingerprint density at radius 3 is 2.73 bits per heavy atom. The third-order valence-electron chi connectivity index (χ3n) is 5.09. The highest BCUT2D eigenvalue weighted by Crippen LogP contribution is 2.31. The van der Waals surface area contributed by atoms with Crippen LogP contribution in [0, 0.1) is 0 Å². The van der Waals surface area contributed by atoms with E-state index in [-0.39, 0.29) is 17.4 Å². The SMILES string of the molecule is O=C(CSc1nnnn1C1CCCC1)c1c[nH]c(C(=O)N2CCCC2)c1. The number of nitrogens with zero attached hydrogens (tertiary/aromatic N) is 5. The number of ketones is 1. The smallest absolute Gasteiger partial charge is 0.270 e. The van der Waals surface area contributed by atoms with E-state index in [1.165, 1.54) is 24.6 Å². The van der Waals surface area contributed by atoms with Crippen molar-refractivity contribution in [2.24, 2.45) is 0 Å². The zero-order chi connectivity index (χ0) is 17.9. The van der Waals surface area contributed by atoms with E-state index in [2.05, 4.69) is 20.5 Å². The lowest BCUT2D eigenvalue weighted by Gasteiger charge is -2.13. The number of rotatable bonds is 6. The summed E-state index contributed by atoms with van der Waals surface area (Å²) in [5, 5.41) is 12.6. The van der Waals surface area contributed by atoms with Crippen LogP contribution in [0.3, 0.4) is 0 Å². The highest BCUT2D eigenvalue weighted by Gasteiger charge is 2.24. The summed E-state index contributed by atoms with van der Waals surface area (Å²) in [6, 6.07) is 2.00. The molecule has 9 heteroatoms. The van der Waals surface area contributed by atoms with Gasteiger partial charge in [-0.05, 0) is 42.2 Å². The van der Waals surface area contributed by atoms with Gasteiger partial charge in [-0.3, -0.25) is 9.59 Å². The van der Waals surface area contributed by atoms with Crippen molar-refractivity contribution in [3.05, 3.63) is 23.5 Å². The summed E-state index contributed by atoms with van der Waals surface area (Å²) < 4.78 is 1.85. The van der Waals surface area contributed by atoms with Crippen molar-refractivity contribution >= 4 is 23.5 Å². The molecule has 26 heavy (non-hydrogen) atoms. The molecule has 1 N–H and O–H groups in total. The minimum absolute atomic E-state index is 0.0284. The molecule has 0 spiro atoms. The van der Waals surface area contributed by atoms with Gasteiger partial charge in [0.25, 0.3) is 5.91 Å². The maximum Gasteiger partial charge on any atom is 0.270 e. The van der Waals surface area contributed by atoms with Crippen LogP contribution in [0.5, 0.6) is 0 Å². The van der Waals surface area contributed by atoms with E-state index < -0.39 is 0 Å². The van der Waals surface area contributed by atoms with Gasteiger partial charge in [0.05, 0.1) is 11.8 Å². The molecule has 2 aliphatic rings. The molecule has 1 aliphatic heterocycles. The number of hydrogen-bond donors (Lipinski definition) is 1. The molecule has 1 saturated heterocycles. The number of aromatic amines is 1. The molecule has 0 bridgehead atoms. The second kappa shape index (κ2) is 7.61. The topological polar surface area (TPSA) is 96.8 Å². The molecule has 3 heterocycles. The van der Waals surface area contributed by atoms with Gasteiger partial charge in [-0.1, -0.05) is 24.6 Å². The van der Waals surface area contributed by atoms with Crippen molar-refractivity contribution in [3.63, 3.8) is 0 Å². The van der Waals surface area contributed by atoms with Crippen molar-refractivity contribution in [1.29, 1.82) is 0 Å². The molecule has 1 amide bonds. The second-order valence-electron chi connectivity index (χ2n) is 6.86. The Kier molecular flexibility index (Phi) is 5.05. The van der Waals surface area contributed by atoms with E-state index >= 15 is 0 Å². The number of carbonyl (C=O) groups is 2. The number of likely N-dealkylation sites (tertiary alicyclic amines) is 1. The van der Waals surface area contributed by atoms with Crippen LogP contribution in [0.1, 0.15) is 65.4 Å². The van der Waals surface area contributed by atoms with E-state index in [1.807, 2.05) is 9.58 Å². The Morgan fingerprint density at radius 1 is 1.19 bits per heavy atom. The molecular formula is C17H22N6O2S. The molecular weight excluding hydrogens is 352 g/mol. The standard InChI is InChI=1S/C17H22N6O2S/c24-15(11-26-17-19-20-21-23(17)13-5-1-2-6-13)12-9-14(18-10-12)16(25)22-7-3-4-8-22/h9-10,13,18H,1-8,11H2. The summed E-state index contributed by atoms with van der Waals surface area (Å²) in [6.07, 6.45) is 8.29. The third-order valence-corrected chi connectivity index (χ3v) is 6.03. The van der Waals surface area contributed by atoms with Gasteiger partial charge >= 0.3 is 0 Å². The van der Waals surface area contributed by atoms with Gasteiger partial charge < -0.3 is 9.88 Å². The fraction of sp³-hybridized carbons (Fsp3) is 0.588. The van der Waals surface area contributed by atoms with Crippen LogP contribution in [0.4, 0.5) is 0 Å². The fourth-order valence-corrected chi connectivity index (χ4v) is 4.48. The Bertz CT molecular complexity index is 789. The molecule has 1 aliphatic carbocycles. The predicted molar refractivity (Wildman–Crippen MR) is 96.3 cm³/mol. The summed E-state index contributed by atoms with van der Waals surface area (Å²) in [6.45, 7) is 1.58. The van der Waals surface area contributed by atoms with Crippen molar-refractivity contribution in [2.75, 3.05) is 18.8 Å². The molecule has 2 aromatic rings. The van der Waals surface area contributed by atoms with Gasteiger partial charge in [-0.2, -0.15) is 0 Å². The van der Waals surface area contributed by atoms with E-state index in [1.54, 1.807) is 12.3 Å². The highest BCUT2D eigenvalue weighted by molar-refractivity contribution is 7.99. The number of tetrazole rings is 1. The predicted octanol–water partition coefficient (Wildman–Crippen LogP) is 2.33. The molecule has 138 valence electrons. The first-order chi connectivity index (χ1) is 12.7. The number of thioether (sulfide) groups is 1. The zero-order valence-electron chi connectivity index (χ0n) is 14.6. The van der Waals surface area contributed by atoms with Crippen LogP contribution >= 0.6 is 11.8 Å². The molecule has 2 fully saturated rings. The second-order valence-corrected chi connectivity index (χ2v) is 7.80. The summed E-state index contributed by atoms with van der Waals surface area (Å²) in [4.78, 5) is 29.6. The summed E-state index contributed by atoms with van der Waals surface area (Å²) in [5.41, 5.74) is 1.01. The first-order valence-corrected chi connectivity index (χ1v) is 10.1. The first kappa shape index (κ1) is 17.3. The maximum atomic E-state index is 12.5. The molecule has 0 unspecified atom stereocenters. The van der Waals surface area contributed by atoms with Crippen LogP contribution in [0.2, 0.25) is 0 Å². The summed E-state index contributed by atoms with van der Waals surface area (Å²) in [7, 11) is 0. The van der Waals surface area contributed by atoms with Crippen LogP contribution in [-0.4, -0.2) is 60.6 Å². The molecule has 0 aromatic carbocycles. The van der Waals surface area contributed by atoms with Crippen LogP contribution in [-0.2, 0) is 0 Å². The molecule has 1 saturated carbocycles. The number of hydrogen-bond acceptors (Lipinski definition) is 6. The molecule has 0 atom stereocenters. The van der Waals surface area contributed by atoms with Crippen molar-refractivity contribution in [1.82, 2.24) is 30.1 Å². The first-order valence-electron chi connectivity index (χ1n) is 9.14. The largest absolute Gasteiger partial charge is 0.356 e. The number of nitrogens with one attached hydrogen (secondary N) is 1. The van der Waals surface area contributed by atoms with Gasteiger partial charge in [0, 0.05) is 24.8 Å². The van der Waals surface area contributed by atoms with Gasteiger partial charge in [-0.15, -0.1) is 5.10 Å². The van der Waals surface area contributed by atoms with E-state index in [0.717, 1.165) is 38.8 Å². The maximum absolute atomic E-state index is 12.5. The van der Waals surface area contributed by atoms with Gasteiger partial charge in [0.2, 0.25) is 5.16 Å². The van der Waals surface area contributed by atoms with Gasteiger partial charge in [-0.25, -0.2) is 4.68 Å². The highest BCUT2D eigenvalue weighted by atomic mass is 32.2. The molecule has 0 radical (unpaired) electrons. The van der Waals surface area contributed by atoms with Crippen molar-refractivity contribution < 1.29 is 9.59 Å². The monoisotopic (exact) mass is 374 g/mol. The fourth-order valence-electron chi connectivity index (χ4n) is 3.64. The van der Waals surface area contributed by atoms with Crippen molar-refractivity contribution in [2.45, 2.75) is 49.7 Å². The third kappa shape index (κ3) is 3.53. The molecule has 2 aromatic heterocycles. The minimum Gasteiger partial charge on any atom is -0.356 e. The van der Waals surface area contributed by atoms with Crippen LogP contribution in [0.15, 0.2) is 17.4 Å². The molecule has 8 nitrogen and oxygen atoms in total. The van der Waals surface area contributed by atoms with E-state index in [9.17, 15) is 9.59 Å². The Morgan fingerprint density at radius 2 is 1.96 bits per heavy atom. The van der Waals surface area contributed by atoms with Crippen LogP contribution < -0.4 is 0 Å². The molecule has 4 rings (SSSR count). The summed E-state index contributed by atoms with van der Waals surface area (Å²) >= 11 is 1.35. The van der Waals surface area contributed by atoms with Gasteiger partial charge in [0.1, 0.15) is 5.69 Å².